The van der Waals surface area contributed by atoms with Gasteiger partial charge in [0, 0.05) is 5.69 Å². The summed E-state index contributed by atoms with van der Waals surface area (Å²) in [6.45, 7) is 11.2. The van der Waals surface area contributed by atoms with Crippen LogP contribution in [0.1, 0.15) is 64.2 Å². The van der Waals surface area contributed by atoms with E-state index in [-0.39, 0.29) is 10.8 Å². The Morgan fingerprint density at radius 3 is 1.93 bits per heavy atom. The third-order valence-corrected chi connectivity index (χ3v) is 6.07. The molecule has 2 aromatic rings. The Morgan fingerprint density at radius 1 is 0.852 bits per heavy atom. The van der Waals surface area contributed by atoms with E-state index in [1.807, 2.05) is 12.1 Å². The molecule has 0 spiro atoms. The molecule has 148 valence electrons. The van der Waals surface area contributed by atoms with E-state index in [4.69, 9.17) is 0 Å². The van der Waals surface area contributed by atoms with Gasteiger partial charge in [-0.15, -0.1) is 0 Å². The number of benzene rings is 2. The fourth-order valence-corrected chi connectivity index (χ4v) is 3.88. The maximum Gasteiger partial charge on any atom is 0.229 e. The Bertz CT molecular complexity index is 866. The molecule has 0 radical (unpaired) electrons. The minimum Gasteiger partial charge on any atom is -0.284 e. The standard InChI is InChI=1S/C23H33NO2S/c1-7-18-11-13-19(14-12-18)22(2,3)15-16-23(4,5)20-9-8-10-21(17-20)24-27(6,25)26/h8-14,17,24H,7,15-16H2,1-6H3. The Hall–Kier alpha value is -1.81. The summed E-state index contributed by atoms with van der Waals surface area (Å²) in [7, 11) is -3.27. The van der Waals surface area contributed by atoms with Gasteiger partial charge in [0.25, 0.3) is 0 Å². The van der Waals surface area contributed by atoms with Gasteiger partial charge in [-0.1, -0.05) is 71.0 Å². The molecular weight excluding hydrogens is 354 g/mol. The lowest BCUT2D eigenvalue weighted by Crippen LogP contribution is -2.24. The lowest BCUT2D eigenvalue weighted by Gasteiger charge is -2.32. The number of rotatable bonds is 8. The van der Waals surface area contributed by atoms with E-state index in [9.17, 15) is 8.42 Å². The predicted octanol–water partition coefficient (Wildman–Crippen LogP) is 5.66. The highest BCUT2D eigenvalue weighted by Crippen LogP contribution is 2.36. The maximum atomic E-state index is 11.5. The second-order valence-electron chi connectivity index (χ2n) is 8.77. The molecule has 0 aliphatic carbocycles. The van der Waals surface area contributed by atoms with E-state index in [0.29, 0.717) is 5.69 Å². The molecule has 0 unspecified atom stereocenters. The second kappa shape index (κ2) is 8.05. The highest BCUT2D eigenvalue weighted by Gasteiger charge is 2.27. The number of sulfonamides is 1. The average molecular weight is 388 g/mol. The van der Waals surface area contributed by atoms with E-state index >= 15 is 0 Å². The maximum absolute atomic E-state index is 11.5. The average Bonchev–Trinajstić information content (AvgIpc) is 2.59. The fourth-order valence-electron chi connectivity index (χ4n) is 3.32. The van der Waals surface area contributed by atoms with Gasteiger partial charge in [0.15, 0.2) is 0 Å². The van der Waals surface area contributed by atoms with Crippen molar-refractivity contribution >= 4 is 15.7 Å². The predicted molar refractivity (Wildman–Crippen MR) is 116 cm³/mol. The van der Waals surface area contributed by atoms with Gasteiger partial charge >= 0.3 is 0 Å². The fraction of sp³-hybridized carbons (Fsp3) is 0.478. The van der Waals surface area contributed by atoms with Crippen LogP contribution in [0.3, 0.4) is 0 Å². The Labute approximate surface area is 165 Å². The Kier molecular flexibility index (Phi) is 6.41. The van der Waals surface area contributed by atoms with Gasteiger partial charge < -0.3 is 0 Å². The van der Waals surface area contributed by atoms with Gasteiger partial charge in [0.1, 0.15) is 0 Å². The summed E-state index contributed by atoms with van der Waals surface area (Å²) in [6, 6.07) is 16.7. The quantitative estimate of drug-likeness (QED) is 0.635. The molecule has 1 N–H and O–H groups in total. The summed E-state index contributed by atoms with van der Waals surface area (Å²) in [5.74, 6) is 0. The summed E-state index contributed by atoms with van der Waals surface area (Å²) in [5.41, 5.74) is 4.54. The molecule has 4 heteroatoms. The van der Waals surface area contributed by atoms with Crippen LogP contribution in [0.2, 0.25) is 0 Å². The van der Waals surface area contributed by atoms with E-state index in [1.165, 1.54) is 17.4 Å². The first-order chi connectivity index (χ1) is 12.4. The summed E-state index contributed by atoms with van der Waals surface area (Å²) in [4.78, 5) is 0. The number of hydrogen-bond donors (Lipinski definition) is 1. The van der Waals surface area contributed by atoms with Crippen LogP contribution in [0.5, 0.6) is 0 Å². The summed E-state index contributed by atoms with van der Waals surface area (Å²) < 4.78 is 25.6. The zero-order chi connectivity index (χ0) is 20.3. The van der Waals surface area contributed by atoms with Crippen LogP contribution < -0.4 is 4.72 Å². The zero-order valence-corrected chi connectivity index (χ0v) is 18.3. The van der Waals surface area contributed by atoms with Crippen LogP contribution in [0, 0.1) is 0 Å². The molecule has 2 aromatic carbocycles. The lowest BCUT2D eigenvalue weighted by atomic mass is 9.72. The smallest absolute Gasteiger partial charge is 0.229 e. The summed E-state index contributed by atoms with van der Waals surface area (Å²) in [5, 5.41) is 0. The van der Waals surface area contributed by atoms with Crippen LogP contribution >= 0.6 is 0 Å². The Balaban J connectivity index is 2.14. The lowest BCUT2D eigenvalue weighted by molar-refractivity contribution is 0.375. The molecule has 0 heterocycles. The van der Waals surface area contributed by atoms with Gasteiger partial charge in [0.05, 0.1) is 6.26 Å². The highest BCUT2D eigenvalue weighted by atomic mass is 32.2. The Morgan fingerprint density at radius 2 is 1.41 bits per heavy atom. The number of anilines is 1. The molecule has 0 atom stereocenters. The van der Waals surface area contributed by atoms with Crippen molar-refractivity contribution in [2.45, 2.75) is 64.7 Å². The summed E-state index contributed by atoms with van der Waals surface area (Å²) in [6.07, 6.45) is 4.30. The van der Waals surface area contributed by atoms with E-state index in [1.54, 1.807) is 6.07 Å². The molecule has 3 nitrogen and oxygen atoms in total. The molecule has 0 fully saturated rings. The number of aryl methyl sites for hydroxylation is 1. The van der Waals surface area contributed by atoms with Crippen LogP contribution in [-0.4, -0.2) is 14.7 Å². The molecule has 2 rings (SSSR count). The first kappa shape index (κ1) is 21.5. The molecule has 0 aromatic heterocycles. The molecule has 0 aliphatic heterocycles. The molecule has 0 aliphatic rings. The van der Waals surface area contributed by atoms with E-state index < -0.39 is 10.0 Å². The highest BCUT2D eigenvalue weighted by molar-refractivity contribution is 7.92. The third-order valence-electron chi connectivity index (χ3n) is 5.47. The van der Waals surface area contributed by atoms with E-state index in [0.717, 1.165) is 24.8 Å². The first-order valence-electron chi connectivity index (χ1n) is 9.61. The van der Waals surface area contributed by atoms with Crippen molar-refractivity contribution in [3.8, 4) is 0 Å². The van der Waals surface area contributed by atoms with Gasteiger partial charge in [-0.05, 0) is 58.9 Å². The van der Waals surface area contributed by atoms with Crippen molar-refractivity contribution in [3.05, 3.63) is 65.2 Å². The monoisotopic (exact) mass is 387 g/mol. The molecule has 27 heavy (non-hydrogen) atoms. The van der Waals surface area contributed by atoms with Gasteiger partial charge in [-0.25, -0.2) is 8.42 Å². The van der Waals surface area contributed by atoms with Gasteiger partial charge in [-0.2, -0.15) is 0 Å². The normalized spacial score (nSPS) is 12.8. The molecule has 0 bridgehead atoms. The first-order valence-corrected chi connectivity index (χ1v) is 11.5. The summed E-state index contributed by atoms with van der Waals surface area (Å²) >= 11 is 0. The van der Waals surface area contributed by atoms with Crippen LogP contribution in [0.4, 0.5) is 5.69 Å². The topological polar surface area (TPSA) is 46.2 Å². The van der Waals surface area contributed by atoms with Gasteiger partial charge in [0.2, 0.25) is 10.0 Å². The van der Waals surface area contributed by atoms with Crippen LogP contribution in [0.15, 0.2) is 48.5 Å². The van der Waals surface area contributed by atoms with Crippen molar-refractivity contribution in [1.29, 1.82) is 0 Å². The van der Waals surface area contributed by atoms with Crippen LogP contribution in [0.25, 0.3) is 0 Å². The number of nitrogens with one attached hydrogen (secondary N) is 1. The third kappa shape index (κ3) is 6.10. The minimum absolute atomic E-state index is 0.0458. The van der Waals surface area contributed by atoms with Crippen molar-refractivity contribution in [2.24, 2.45) is 0 Å². The van der Waals surface area contributed by atoms with E-state index in [2.05, 4.69) is 69.7 Å². The van der Waals surface area contributed by atoms with Gasteiger partial charge in [-0.3, -0.25) is 4.72 Å². The molecule has 0 amide bonds. The second-order valence-corrected chi connectivity index (χ2v) is 10.5. The van der Waals surface area contributed by atoms with Crippen molar-refractivity contribution in [2.75, 3.05) is 11.0 Å². The van der Waals surface area contributed by atoms with Crippen molar-refractivity contribution in [3.63, 3.8) is 0 Å². The largest absolute Gasteiger partial charge is 0.284 e. The minimum atomic E-state index is -3.27. The molecule has 0 saturated heterocycles. The SMILES string of the molecule is CCc1ccc(C(C)(C)CCC(C)(C)c2cccc(NS(C)(=O)=O)c2)cc1. The molecule has 0 saturated carbocycles. The van der Waals surface area contributed by atoms with Crippen LogP contribution in [-0.2, 0) is 27.3 Å². The van der Waals surface area contributed by atoms with Crippen molar-refractivity contribution < 1.29 is 8.42 Å². The molecular formula is C23H33NO2S. The zero-order valence-electron chi connectivity index (χ0n) is 17.5. The number of hydrogen-bond acceptors (Lipinski definition) is 2. The van der Waals surface area contributed by atoms with Crippen molar-refractivity contribution in [1.82, 2.24) is 0 Å².